The number of sulfonamides is 1. The van der Waals surface area contributed by atoms with Gasteiger partial charge in [0.1, 0.15) is 11.5 Å². The van der Waals surface area contributed by atoms with E-state index in [1.54, 1.807) is 19.1 Å². The predicted molar refractivity (Wildman–Crippen MR) is 75.2 cm³/mol. The second-order valence-electron chi connectivity index (χ2n) is 3.91. The number of hydrogen-bond donors (Lipinski definition) is 2. The molecule has 9 heteroatoms. The molecule has 116 valence electrons. The Bertz CT molecular complexity index is 492. The van der Waals surface area contributed by atoms with Crippen LogP contribution in [0, 0.1) is 0 Å². The Morgan fingerprint density at radius 1 is 1.30 bits per heavy atom. The fourth-order valence-electron chi connectivity index (χ4n) is 1.35. The van der Waals surface area contributed by atoms with Gasteiger partial charge < -0.3 is 9.73 Å². The van der Waals surface area contributed by atoms with Crippen LogP contribution in [0.15, 0.2) is 16.5 Å². The van der Waals surface area contributed by atoms with Crippen LogP contribution in [0.2, 0.25) is 0 Å². The van der Waals surface area contributed by atoms with Crippen LogP contribution in [0.25, 0.3) is 0 Å². The highest BCUT2D eigenvalue weighted by Crippen LogP contribution is 2.21. The van der Waals surface area contributed by atoms with Crippen molar-refractivity contribution in [3.05, 3.63) is 23.7 Å². The third-order valence-corrected chi connectivity index (χ3v) is 4.48. The van der Waals surface area contributed by atoms with Crippen LogP contribution in [0.4, 0.5) is 8.78 Å². The first kappa shape index (κ1) is 17.4. The second-order valence-corrected chi connectivity index (χ2v) is 6.99. The van der Waals surface area contributed by atoms with Crippen LogP contribution in [-0.4, -0.2) is 33.0 Å². The molecule has 0 radical (unpaired) electrons. The van der Waals surface area contributed by atoms with Gasteiger partial charge in [0.05, 0.1) is 18.1 Å². The van der Waals surface area contributed by atoms with Crippen LogP contribution >= 0.6 is 11.8 Å². The summed E-state index contributed by atoms with van der Waals surface area (Å²) in [5.74, 6) is -1.09. The van der Waals surface area contributed by atoms with Gasteiger partial charge in [0.15, 0.2) is 0 Å². The van der Waals surface area contributed by atoms with Crippen molar-refractivity contribution in [3.63, 3.8) is 0 Å². The topological polar surface area (TPSA) is 71.3 Å². The van der Waals surface area contributed by atoms with E-state index in [0.29, 0.717) is 42.9 Å². The number of hydrogen-bond acceptors (Lipinski definition) is 5. The summed E-state index contributed by atoms with van der Waals surface area (Å²) in [6, 6.07) is 3.37. The van der Waals surface area contributed by atoms with E-state index < -0.39 is 15.8 Å². The largest absolute Gasteiger partial charge is 0.464 e. The van der Waals surface area contributed by atoms with Gasteiger partial charge in [-0.1, -0.05) is 11.8 Å². The van der Waals surface area contributed by atoms with Crippen LogP contribution in [0.5, 0.6) is 0 Å². The Hall–Kier alpha value is -0.640. The van der Waals surface area contributed by atoms with Crippen LogP contribution in [-0.2, 0) is 22.3 Å². The molecular formula is C11H18F2N2O3S2. The summed E-state index contributed by atoms with van der Waals surface area (Å²) in [4.78, 5) is 0. The third kappa shape index (κ3) is 7.22. The summed E-state index contributed by atoms with van der Waals surface area (Å²) in [5.41, 5.74) is 0. The molecule has 0 aliphatic carbocycles. The van der Waals surface area contributed by atoms with Crippen molar-refractivity contribution in [3.8, 4) is 0 Å². The van der Waals surface area contributed by atoms with Crippen LogP contribution in [0.3, 0.4) is 0 Å². The highest BCUT2D eigenvalue weighted by molar-refractivity contribution is 7.98. The molecule has 0 unspecified atom stereocenters. The summed E-state index contributed by atoms with van der Waals surface area (Å²) < 4.78 is 54.0. The van der Waals surface area contributed by atoms with Crippen molar-refractivity contribution in [1.82, 2.24) is 10.0 Å². The van der Waals surface area contributed by atoms with Gasteiger partial charge in [-0.25, -0.2) is 13.1 Å². The normalized spacial score (nSPS) is 12.2. The molecule has 0 amide bonds. The zero-order valence-corrected chi connectivity index (χ0v) is 12.7. The van der Waals surface area contributed by atoms with E-state index in [0.717, 1.165) is 0 Å². The lowest BCUT2D eigenvalue weighted by Crippen LogP contribution is -2.32. The number of halogens is 2. The minimum Gasteiger partial charge on any atom is -0.464 e. The Kier molecular flexibility index (Phi) is 7.49. The van der Waals surface area contributed by atoms with Gasteiger partial charge in [-0.15, -0.1) is 0 Å². The molecule has 1 heterocycles. The van der Waals surface area contributed by atoms with Gasteiger partial charge in [0.25, 0.3) is 5.76 Å². The van der Waals surface area contributed by atoms with Crippen molar-refractivity contribution in [1.29, 1.82) is 0 Å². The molecule has 0 aliphatic heterocycles. The molecule has 0 spiro atoms. The molecule has 0 aliphatic rings. The first-order valence-electron chi connectivity index (χ1n) is 6.08. The quantitative estimate of drug-likeness (QED) is 0.641. The van der Waals surface area contributed by atoms with Crippen molar-refractivity contribution in [2.75, 3.05) is 18.8 Å². The van der Waals surface area contributed by atoms with E-state index in [4.69, 9.17) is 4.42 Å². The maximum atomic E-state index is 12.0. The van der Waals surface area contributed by atoms with Crippen LogP contribution < -0.4 is 10.0 Å². The predicted octanol–water partition coefficient (Wildman–Crippen LogP) is 1.76. The second kappa shape index (κ2) is 8.60. The van der Waals surface area contributed by atoms with E-state index in [2.05, 4.69) is 10.0 Å². The van der Waals surface area contributed by atoms with Gasteiger partial charge >= 0.3 is 0 Å². The SMILES string of the molecule is CCS(=O)(=O)NCCNCc1ccc(CSC(F)F)o1. The molecule has 0 aromatic carbocycles. The third-order valence-electron chi connectivity index (χ3n) is 2.37. The maximum Gasteiger partial charge on any atom is 0.284 e. The lowest BCUT2D eigenvalue weighted by molar-refractivity contribution is 0.251. The van der Waals surface area contributed by atoms with E-state index in [9.17, 15) is 17.2 Å². The minimum absolute atomic E-state index is 0.0519. The Labute approximate surface area is 121 Å². The van der Waals surface area contributed by atoms with Gasteiger partial charge in [-0.3, -0.25) is 0 Å². The van der Waals surface area contributed by atoms with Crippen molar-refractivity contribution < 1.29 is 21.6 Å². The summed E-state index contributed by atoms with van der Waals surface area (Å²) >= 11 is 0.511. The number of furan rings is 1. The lowest BCUT2D eigenvalue weighted by Gasteiger charge is -2.05. The molecule has 1 aromatic rings. The molecule has 1 rings (SSSR count). The van der Waals surface area contributed by atoms with Gasteiger partial charge in [0, 0.05) is 13.1 Å². The number of rotatable bonds is 10. The van der Waals surface area contributed by atoms with E-state index in [1.807, 2.05) is 0 Å². The molecule has 0 bridgehead atoms. The first-order valence-corrected chi connectivity index (χ1v) is 8.78. The fraction of sp³-hybridized carbons (Fsp3) is 0.636. The number of alkyl halides is 2. The van der Waals surface area contributed by atoms with Crippen LogP contribution in [0.1, 0.15) is 18.4 Å². The molecule has 0 fully saturated rings. The van der Waals surface area contributed by atoms with Crippen molar-refractivity contribution in [2.24, 2.45) is 0 Å². The average molecular weight is 328 g/mol. The average Bonchev–Trinajstić information content (AvgIpc) is 2.84. The first-order chi connectivity index (χ1) is 9.43. The maximum absolute atomic E-state index is 12.0. The van der Waals surface area contributed by atoms with E-state index >= 15 is 0 Å². The highest BCUT2D eigenvalue weighted by Gasteiger charge is 2.07. The number of thioether (sulfide) groups is 1. The fourth-order valence-corrected chi connectivity index (χ4v) is 2.41. The summed E-state index contributed by atoms with van der Waals surface area (Å²) in [7, 11) is -3.16. The molecule has 1 aromatic heterocycles. The zero-order valence-electron chi connectivity index (χ0n) is 11.1. The molecule has 0 atom stereocenters. The zero-order chi connectivity index (χ0) is 15.0. The van der Waals surface area contributed by atoms with Gasteiger partial charge in [0.2, 0.25) is 10.0 Å². The number of nitrogens with one attached hydrogen (secondary N) is 2. The van der Waals surface area contributed by atoms with Crippen molar-refractivity contribution in [2.45, 2.75) is 25.0 Å². The Morgan fingerprint density at radius 3 is 2.65 bits per heavy atom. The van der Waals surface area contributed by atoms with Gasteiger partial charge in [-0.2, -0.15) is 8.78 Å². The molecule has 0 saturated heterocycles. The van der Waals surface area contributed by atoms with E-state index in [1.165, 1.54) is 0 Å². The Morgan fingerprint density at radius 2 is 2.00 bits per heavy atom. The van der Waals surface area contributed by atoms with Gasteiger partial charge in [-0.05, 0) is 19.1 Å². The molecule has 5 nitrogen and oxygen atoms in total. The lowest BCUT2D eigenvalue weighted by atomic mass is 10.4. The summed E-state index contributed by atoms with van der Waals surface area (Å²) in [6.45, 7) is 2.75. The smallest absolute Gasteiger partial charge is 0.284 e. The summed E-state index contributed by atoms with van der Waals surface area (Å²) in [5, 5.41) is 3.00. The summed E-state index contributed by atoms with van der Waals surface area (Å²) in [6.07, 6.45) is 0. The molecular weight excluding hydrogens is 310 g/mol. The molecule has 20 heavy (non-hydrogen) atoms. The molecule has 0 saturated carbocycles. The standard InChI is InChI=1S/C11H18F2N2O3S2/c1-2-20(16,17)15-6-5-14-7-9-3-4-10(18-9)8-19-11(12)13/h3-4,11,14-15H,2,5-8H2,1H3. The Balaban J connectivity index is 2.19. The van der Waals surface area contributed by atoms with Crippen molar-refractivity contribution >= 4 is 21.8 Å². The monoisotopic (exact) mass is 328 g/mol. The minimum atomic E-state index is -3.16. The highest BCUT2D eigenvalue weighted by atomic mass is 32.2. The van der Waals surface area contributed by atoms with E-state index in [-0.39, 0.29) is 11.5 Å². The molecule has 2 N–H and O–H groups in total.